The zero-order valence-corrected chi connectivity index (χ0v) is 14.0. The monoisotopic (exact) mass is 377 g/mol. The van der Waals surface area contributed by atoms with Gasteiger partial charge in [-0.25, -0.2) is 9.97 Å². The largest absolute Gasteiger partial charge is 0.369 e. The second-order valence-electron chi connectivity index (χ2n) is 4.63. The van der Waals surface area contributed by atoms with Crippen LogP contribution in [-0.4, -0.2) is 22.8 Å². The molecule has 0 radical (unpaired) electrons. The lowest BCUT2D eigenvalue weighted by Crippen LogP contribution is -2.11. The summed E-state index contributed by atoms with van der Waals surface area (Å²) in [5.74, 6) is 3.55. The van der Waals surface area contributed by atoms with E-state index in [1.54, 1.807) is 11.8 Å². The molecule has 1 aromatic heterocycles. The summed E-state index contributed by atoms with van der Waals surface area (Å²) in [6, 6.07) is 0. The van der Waals surface area contributed by atoms with Gasteiger partial charge < -0.3 is 5.32 Å². The molecule has 2 rings (SSSR count). The number of halogens is 1. The highest BCUT2D eigenvalue weighted by Crippen LogP contribution is 2.37. The molecule has 1 aliphatic carbocycles. The first kappa shape index (κ1) is 14.4. The number of nitrogens with zero attached hydrogens (tertiary/aromatic N) is 2. The van der Waals surface area contributed by atoms with Crippen LogP contribution in [0.5, 0.6) is 0 Å². The Morgan fingerprint density at radius 2 is 2.06 bits per heavy atom. The molecule has 0 aromatic carbocycles. The predicted octanol–water partition coefficient (Wildman–Crippen LogP) is 4.03. The van der Waals surface area contributed by atoms with Gasteiger partial charge in [0.15, 0.2) is 0 Å². The smallest absolute Gasteiger partial charge is 0.143 e. The van der Waals surface area contributed by atoms with E-state index >= 15 is 0 Å². The van der Waals surface area contributed by atoms with Gasteiger partial charge in [-0.15, -0.1) is 0 Å². The maximum absolute atomic E-state index is 4.81. The van der Waals surface area contributed by atoms with Crippen LogP contribution in [0.4, 0.5) is 5.82 Å². The Bertz CT molecular complexity index is 405. The summed E-state index contributed by atoms with van der Waals surface area (Å²) in [5.41, 5.74) is 1.28. The Balaban J connectivity index is 2.35. The van der Waals surface area contributed by atoms with Crippen molar-refractivity contribution < 1.29 is 0 Å². The molecular weight excluding hydrogens is 357 g/mol. The average Bonchev–Trinajstić information content (AvgIpc) is 2.87. The van der Waals surface area contributed by atoms with E-state index in [-0.39, 0.29) is 0 Å². The minimum absolute atomic E-state index is 0.651. The highest BCUT2D eigenvalue weighted by molar-refractivity contribution is 14.1. The van der Waals surface area contributed by atoms with E-state index in [2.05, 4.69) is 46.1 Å². The number of thioether (sulfide) groups is 1. The summed E-state index contributed by atoms with van der Waals surface area (Å²) in [5, 5.41) is 3.37. The van der Waals surface area contributed by atoms with Gasteiger partial charge in [-0.1, -0.05) is 12.8 Å². The fraction of sp³-hybridized carbons (Fsp3) is 0.692. The van der Waals surface area contributed by atoms with Crippen molar-refractivity contribution in [3.05, 3.63) is 15.1 Å². The molecule has 3 nitrogen and oxygen atoms in total. The molecule has 0 unspecified atom stereocenters. The molecule has 1 aromatic rings. The van der Waals surface area contributed by atoms with Crippen LogP contribution in [0.15, 0.2) is 0 Å². The minimum atomic E-state index is 0.651. The molecule has 18 heavy (non-hydrogen) atoms. The summed E-state index contributed by atoms with van der Waals surface area (Å²) >= 11 is 4.19. The molecule has 0 amide bonds. The molecule has 0 aliphatic heterocycles. The average molecular weight is 377 g/mol. The predicted molar refractivity (Wildman–Crippen MR) is 87.3 cm³/mol. The van der Waals surface area contributed by atoms with E-state index in [0.29, 0.717) is 5.92 Å². The number of hydrogen-bond donors (Lipinski definition) is 1. The second kappa shape index (κ2) is 6.93. The Morgan fingerprint density at radius 1 is 1.33 bits per heavy atom. The van der Waals surface area contributed by atoms with Gasteiger partial charge >= 0.3 is 0 Å². The molecule has 1 N–H and O–H groups in total. The molecular formula is C13H20IN3S. The number of aromatic nitrogens is 2. The zero-order valence-electron chi connectivity index (χ0n) is 11.0. The van der Waals surface area contributed by atoms with E-state index in [0.717, 1.165) is 23.9 Å². The third-order valence-corrected chi connectivity index (χ3v) is 4.89. The van der Waals surface area contributed by atoms with Gasteiger partial charge in [-0.05, 0) is 48.6 Å². The number of hydrogen-bond acceptors (Lipinski definition) is 4. The van der Waals surface area contributed by atoms with Crippen LogP contribution in [0, 0.1) is 3.57 Å². The van der Waals surface area contributed by atoms with Crippen LogP contribution in [0.1, 0.15) is 50.0 Å². The molecule has 0 spiro atoms. The first-order valence-corrected chi connectivity index (χ1v) is 9.02. The Hall–Kier alpha value is -0.0400. The van der Waals surface area contributed by atoms with Crippen molar-refractivity contribution in [3.8, 4) is 0 Å². The van der Waals surface area contributed by atoms with Crippen molar-refractivity contribution in [2.24, 2.45) is 0 Å². The summed E-state index contributed by atoms with van der Waals surface area (Å²) < 4.78 is 1.23. The Labute approximate surface area is 127 Å². The van der Waals surface area contributed by atoms with Crippen LogP contribution in [0.2, 0.25) is 0 Å². The molecule has 5 heteroatoms. The third kappa shape index (κ3) is 3.29. The number of nitrogens with one attached hydrogen (secondary N) is 1. The van der Waals surface area contributed by atoms with E-state index < -0.39 is 0 Å². The third-order valence-electron chi connectivity index (χ3n) is 3.28. The van der Waals surface area contributed by atoms with E-state index in [4.69, 9.17) is 4.98 Å². The van der Waals surface area contributed by atoms with Gasteiger partial charge in [0.2, 0.25) is 0 Å². The standard InChI is InChI=1S/C13H20IN3S/c1-3-15-13-11(14)12(9-6-4-5-7-9)16-10(17-13)8-18-2/h9H,3-8H2,1-2H3,(H,15,16,17). The van der Waals surface area contributed by atoms with Crippen molar-refractivity contribution in [2.45, 2.75) is 44.3 Å². The van der Waals surface area contributed by atoms with E-state index in [1.165, 1.54) is 34.9 Å². The summed E-state index contributed by atoms with van der Waals surface area (Å²) in [7, 11) is 0. The van der Waals surface area contributed by atoms with Crippen molar-refractivity contribution in [3.63, 3.8) is 0 Å². The summed E-state index contributed by atoms with van der Waals surface area (Å²) in [6.45, 7) is 3.03. The lowest BCUT2D eigenvalue weighted by molar-refractivity contribution is 0.683. The fourth-order valence-electron chi connectivity index (χ4n) is 2.46. The van der Waals surface area contributed by atoms with E-state index in [1.807, 2.05) is 0 Å². The lowest BCUT2D eigenvalue weighted by Gasteiger charge is -2.15. The fourth-order valence-corrected chi connectivity index (χ4v) is 3.72. The SMILES string of the molecule is CCNc1nc(CSC)nc(C2CCCC2)c1I. The topological polar surface area (TPSA) is 37.8 Å². The van der Waals surface area contributed by atoms with Gasteiger partial charge in [-0.2, -0.15) is 11.8 Å². The molecule has 1 saturated carbocycles. The normalized spacial score (nSPS) is 16.2. The van der Waals surface area contributed by atoms with Crippen molar-refractivity contribution >= 4 is 40.2 Å². The van der Waals surface area contributed by atoms with Gasteiger partial charge in [0.25, 0.3) is 0 Å². The van der Waals surface area contributed by atoms with Crippen LogP contribution in [0.25, 0.3) is 0 Å². The van der Waals surface area contributed by atoms with Crippen LogP contribution >= 0.6 is 34.4 Å². The first-order valence-electron chi connectivity index (χ1n) is 6.55. The van der Waals surface area contributed by atoms with E-state index in [9.17, 15) is 0 Å². The highest BCUT2D eigenvalue weighted by Gasteiger charge is 2.23. The van der Waals surface area contributed by atoms with Gasteiger partial charge in [0.1, 0.15) is 11.6 Å². The van der Waals surface area contributed by atoms with Gasteiger partial charge in [0.05, 0.1) is 15.0 Å². The summed E-state index contributed by atoms with van der Waals surface area (Å²) in [6.07, 6.45) is 7.37. The molecule has 1 heterocycles. The maximum Gasteiger partial charge on any atom is 0.143 e. The molecule has 0 saturated heterocycles. The first-order chi connectivity index (χ1) is 8.76. The number of anilines is 1. The summed E-state index contributed by atoms with van der Waals surface area (Å²) in [4.78, 5) is 9.44. The minimum Gasteiger partial charge on any atom is -0.369 e. The second-order valence-corrected chi connectivity index (χ2v) is 6.58. The molecule has 0 atom stereocenters. The van der Waals surface area contributed by atoms with Crippen LogP contribution in [0.3, 0.4) is 0 Å². The molecule has 1 fully saturated rings. The molecule has 0 bridgehead atoms. The lowest BCUT2D eigenvalue weighted by atomic mass is 10.0. The van der Waals surface area contributed by atoms with Gasteiger partial charge in [-0.3, -0.25) is 0 Å². The van der Waals surface area contributed by atoms with Crippen molar-refractivity contribution in [1.29, 1.82) is 0 Å². The van der Waals surface area contributed by atoms with Gasteiger partial charge in [0, 0.05) is 12.5 Å². The number of rotatable bonds is 5. The maximum atomic E-state index is 4.81. The van der Waals surface area contributed by atoms with Crippen molar-refractivity contribution in [2.75, 3.05) is 18.1 Å². The van der Waals surface area contributed by atoms with Crippen LogP contribution in [-0.2, 0) is 5.75 Å². The van der Waals surface area contributed by atoms with Crippen LogP contribution < -0.4 is 5.32 Å². The van der Waals surface area contributed by atoms with Crippen molar-refractivity contribution in [1.82, 2.24) is 9.97 Å². The zero-order chi connectivity index (χ0) is 13.0. The molecule has 100 valence electrons. The molecule has 1 aliphatic rings. The Morgan fingerprint density at radius 3 is 2.67 bits per heavy atom. The highest BCUT2D eigenvalue weighted by atomic mass is 127. The quantitative estimate of drug-likeness (QED) is 0.787. The Kier molecular flexibility index (Phi) is 5.54.